The minimum Gasteiger partial charge on any atom is -0.486 e. The lowest BCUT2D eigenvalue weighted by Gasteiger charge is -2.21. The van der Waals surface area contributed by atoms with Gasteiger partial charge in [-0.1, -0.05) is 53.2 Å². The summed E-state index contributed by atoms with van der Waals surface area (Å²) in [6.45, 7) is 1.21. The van der Waals surface area contributed by atoms with E-state index in [0.717, 1.165) is 34.4 Å². The quantitative estimate of drug-likeness (QED) is 0.659. The fourth-order valence-corrected chi connectivity index (χ4v) is 4.22. The molecule has 1 aromatic carbocycles. The fraction of sp³-hybridized carbons (Fsp3) is 0.625. The average molecular weight is 360 g/mol. The van der Waals surface area contributed by atoms with E-state index in [2.05, 4.69) is 15.9 Å². The van der Waals surface area contributed by atoms with E-state index in [-0.39, 0.29) is 0 Å². The van der Waals surface area contributed by atoms with Crippen LogP contribution in [0.2, 0.25) is 5.02 Å². The second-order valence-corrected chi connectivity index (χ2v) is 7.23. The van der Waals surface area contributed by atoms with E-state index in [1.807, 2.05) is 12.1 Å². The first-order chi connectivity index (χ1) is 9.74. The molecule has 0 spiro atoms. The molecule has 0 radical (unpaired) electrons. The molecule has 1 saturated carbocycles. The fourth-order valence-electron chi connectivity index (χ4n) is 3.16. The van der Waals surface area contributed by atoms with Gasteiger partial charge in [-0.05, 0) is 30.4 Å². The summed E-state index contributed by atoms with van der Waals surface area (Å²) in [6, 6.07) is 3.92. The number of alkyl halides is 1. The molecule has 0 aromatic heterocycles. The second kappa shape index (κ2) is 6.57. The Morgan fingerprint density at radius 3 is 2.50 bits per heavy atom. The number of hydrogen-bond donors (Lipinski definition) is 0. The van der Waals surface area contributed by atoms with Gasteiger partial charge in [-0.2, -0.15) is 0 Å². The summed E-state index contributed by atoms with van der Waals surface area (Å²) < 4.78 is 11.2. The molecule has 1 aliphatic carbocycles. The molecule has 1 aromatic rings. The SMILES string of the molecule is Clc1cc2c(cc1C(Br)CCC1CCCC1)OCCO2. The van der Waals surface area contributed by atoms with Crippen molar-refractivity contribution in [3.63, 3.8) is 0 Å². The van der Waals surface area contributed by atoms with E-state index in [0.29, 0.717) is 18.0 Å². The highest BCUT2D eigenvalue weighted by Gasteiger charge is 2.21. The second-order valence-electron chi connectivity index (χ2n) is 5.71. The molecular weight excluding hydrogens is 340 g/mol. The van der Waals surface area contributed by atoms with Crippen molar-refractivity contribution in [1.82, 2.24) is 0 Å². The van der Waals surface area contributed by atoms with Gasteiger partial charge in [0.25, 0.3) is 0 Å². The minimum atomic E-state index is 0.298. The molecule has 1 atom stereocenters. The van der Waals surface area contributed by atoms with Gasteiger partial charge in [0.05, 0.1) is 0 Å². The Balaban J connectivity index is 1.68. The highest BCUT2D eigenvalue weighted by atomic mass is 79.9. The lowest BCUT2D eigenvalue weighted by atomic mass is 9.98. The Hall–Kier alpha value is -0.410. The van der Waals surface area contributed by atoms with E-state index >= 15 is 0 Å². The molecule has 1 unspecified atom stereocenters. The first-order valence-corrected chi connectivity index (χ1v) is 8.76. The van der Waals surface area contributed by atoms with Crippen LogP contribution >= 0.6 is 27.5 Å². The zero-order chi connectivity index (χ0) is 13.9. The Kier molecular flexibility index (Phi) is 4.77. The zero-order valence-corrected chi connectivity index (χ0v) is 13.9. The van der Waals surface area contributed by atoms with Gasteiger partial charge in [-0.15, -0.1) is 0 Å². The average Bonchev–Trinajstić information content (AvgIpc) is 2.97. The molecule has 2 nitrogen and oxygen atoms in total. The van der Waals surface area contributed by atoms with Crippen molar-refractivity contribution in [3.05, 3.63) is 22.7 Å². The third-order valence-corrected chi connectivity index (χ3v) is 5.58. The Morgan fingerprint density at radius 1 is 1.15 bits per heavy atom. The molecule has 1 fully saturated rings. The van der Waals surface area contributed by atoms with Crippen LogP contribution in [-0.2, 0) is 0 Å². The molecule has 1 heterocycles. The van der Waals surface area contributed by atoms with Gasteiger partial charge >= 0.3 is 0 Å². The lowest BCUT2D eigenvalue weighted by Crippen LogP contribution is -2.15. The first kappa shape index (κ1) is 14.5. The van der Waals surface area contributed by atoms with Crippen LogP contribution < -0.4 is 9.47 Å². The molecule has 1 aliphatic heterocycles. The Labute approximate surface area is 133 Å². The molecular formula is C16H20BrClO2. The van der Waals surface area contributed by atoms with Crippen LogP contribution in [0.25, 0.3) is 0 Å². The van der Waals surface area contributed by atoms with Crippen molar-refractivity contribution in [2.75, 3.05) is 13.2 Å². The summed E-state index contributed by atoms with van der Waals surface area (Å²) in [4.78, 5) is 0.298. The van der Waals surface area contributed by atoms with Crippen molar-refractivity contribution in [1.29, 1.82) is 0 Å². The van der Waals surface area contributed by atoms with Crippen molar-refractivity contribution in [3.8, 4) is 11.5 Å². The Bertz CT molecular complexity index is 472. The normalized spacial score (nSPS) is 20.1. The van der Waals surface area contributed by atoms with Crippen molar-refractivity contribution in [2.24, 2.45) is 5.92 Å². The van der Waals surface area contributed by atoms with Gasteiger partial charge in [0.2, 0.25) is 0 Å². The number of rotatable bonds is 4. The van der Waals surface area contributed by atoms with Crippen molar-refractivity contribution >= 4 is 27.5 Å². The van der Waals surface area contributed by atoms with E-state index < -0.39 is 0 Å². The lowest BCUT2D eigenvalue weighted by molar-refractivity contribution is 0.171. The van der Waals surface area contributed by atoms with E-state index in [1.165, 1.54) is 32.1 Å². The molecule has 4 heteroatoms. The van der Waals surface area contributed by atoms with Crippen LogP contribution in [0, 0.1) is 5.92 Å². The number of ether oxygens (including phenoxy) is 2. The topological polar surface area (TPSA) is 18.5 Å². The highest BCUT2D eigenvalue weighted by molar-refractivity contribution is 9.09. The maximum atomic E-state index is 6.39. The third-order valence-electron chi connectivity index (χ3n) is 4.30. The monoisotopic (exact) mass is 358 g/mol. The van der Waals surface area contributed by atoms with Crippen LogP contribution in [-0.4, -0.2) is 13.2 Å². The molecule has 0 saturated heterocycles. The largest absolute Gasteiger partial charge is 0.486 e. The van der Waals surface area contributed by atoms with Gasteiger partial charge in [-0.3, -0.25) is 0 Å². The van der Waals surface area contributed by atoms with E-state index in [4.69, 9.17) is 21.1 Å². The summed E-state index contributed by atoms with van der Waals surface area (Å²) >= 11 is 10.2. The summed E-state index contributed by atoms with van der Waals surface area (Å²) in [5, 5.41) is 0.766. The molecule has 0 bridgehead atoms. The molecule has 0 amide bonds. The number of halogens is 2. The standard InChI is InChI=1S/C16H20BrClO2/c17-13(6-5-11-3-1-2-4-11)12-9-15-16(10-14(12)18)20-8-7-19-15/h9-11,13H,1-8H2. The van der Waals surface area contributed by atoms with Crippen LogP contribution in [0.15, 0.2) is 12.1 Å². The smallest absolute Gasteiger partial charge is 0.162 e. The van der Waals surface area contributed by atoms with Crippen LogP contribution in [0.5, 0.6) is 11.5 Å². The molecule has 3 rings (SSSR count). The summed E-state index contributed by atoms with van der Waals surface area (Å²) in [7, 11) is 0. The zero-order valence-electron chi connectivity index (χ0n) is 11.5. The maximum absolute atomic E-state index is 6.39. The van der Waals surface area contributed by atoms with Crippen molar-refractivity contribution in [2.45, 2.75) is 43.4 Å². The molecule has 2 aliphatic rings. The minimum absolute atomic E-state index is 0.298. The van der Waals surface area contributed by atoms with E-state index in [1.54, 1.807) is 0 Å². The maximum Gasteiger partial charge on any atom is 0.162 e. The predicted octanol–water partition coefficient (Wildman–Crippen LogP) is 5.52. The summed E-state index contributed by atoms with van der Waals surface area (Å²) in [5.74, 6) is 2.49. The van der Waals surface area contributed by atoms with Gasteiger partial charge in [0.15, 0.2) is 11.5 Å². The highest BCUT2D eigenvalue weighted by Crippen LogP contribution is 2.42. The van der Waals surface area contributed by atoms with Crippen LogP contribution in [0.1, 0.15) is 48.9 Å². The molecule has 110 valence electrons. The number of hydrogen-bond acceptors (Lipinski definition) is 2. The number of benzene rings is 1. The molecule has 20 heavy (non-hydrogen) atoms. The van der Waals surface area contributed by atoms with Crippen LogP contribution in [0.3, 0.4) is 0 Å². The van der Waals surface area contributed by atoms with Crippen LogP contribution in [0.4, 0.5) is 0 Å². The van der Waals surface area contributed by atoms with Gasteiger partial charge in [-0.25, -0.2) is 0 Å². The third kappa shape index (κ3) is 3.25. The van der Waals surface area contributed by atoms with Gasteiger partial charge in [0.1, 0.15) is 13.2 Å². The van der Waals surface area contributed by atoms with Gasteiger partial charge in [0, 0.05) is 15.9 Å². The Morgan fingerprint density at radius 2 is 1.80 bits per heavy atom. The van der Waals surface area contributed by atoms with Crippen molar-refractivity contribution < 1.29 is 9.47 Å². The summed E-state index contributed by atoms with van der Waals surface area (Å²) in [5.41, 5.74) is 1.12. The molecule has 0 N–H and O–H groups in total. The first-order valence-electron chi connectivity index (χ1n) is 7.47. The van der Waals surface area contributed by atoms with Gasteiger partial charge < -0.3 is 9.47 Å². The number of fused-ring (bicyclic) bond motifs is 1. The predicted molar refractivity (Wildman–Crippen MR) is 85.3 cm³/mol. The summed E-state index contributed by atoms with van der Waals surface area (Å²) in [6.07, 6.45) is 8.01. The van der Waals surface area contributed by atoms with E-state index in [9.17, 15) is 0 Å².